The Morgan fingerprint density at radius 3 is 2.78 bits per heavy atom. The fraction of sp³-hybridized carbons (Fsp3) is 0.174. The lowest BCUT2D eigenvalue weighted by Gasteiger charge is -2.08. The van der Waals surface area contributed by atoms with Gasteiger partial charge in [0.15, 0.2) is 23.0 Å². The van der Waals surface area contributed by atoms with E-state index in [1.54, 1.807) is 6.20 Å². The Labute approximate surface area is 188 Å². The van der Waals surface area contributed by atoms with Crippen molar-refractivity contribution in [1.29, 1.82) is 0 Å². The van der Waals surface area contributed by atoms with E-state index in [1.165, 1.54) is 23.7 Å². The molecule has 1 aliphatic rings. The number of hydrogen-bond donors (Lipinski definition) is 1. The number of fused-ring (bicyclic) bond motifs is 2. The minimum absolute atomic E-state index is 0.100. The molecule has 9 heteroatoms. The molecule has 0 unspecified atom stereocenters. The minimum atomic E-state index is -0.100. The van der Waals surface area contributed by atoms with Crippen molar-refractivity contribution in [3.05, 3.63) is 66.1 Å². The average Bonchev–Trinajstić information content (AvgIpc) is 3.29. The van der Waals surface area contributed by atoms with Crippen LogP contribution < -0.4 is 14.8 Å². The van der Waals surface area contributed by atoms with Crippen molar-refractivity contribution in [2.75, 3.05) is 12.5 Å². The highest BCUT2D eigenvalue weighted by Crippen LogP contribution is 2.32. The molecule has 0 bridgehead atoms. The maximum absolute atomic E-state index is 12.4. The van der Waals surface area contributed by atoms with Crippen molar-refractivity contribution in [2.45, 2.75) is 18.5 Å². The number of nitrogens with zero attached hydrogens (tertiary/aromatic N) is 4. The van der Waals surface area contributed by atoms with E-state index in [1.807, 2.05) is 49.4 Å². The number of thioether (sulfide) groups is 1. The molecular formula is C23H19N5O3S. The van der Waals surface area contributed by atoms with E-state index in [9.17, 15) is 4.79 Å². The van der Waals surface area contributed by atoms with Crippen LogP contribution in [0, 0.1) is 6.92 Å². The second-order valence-corrected chi connectivity index (χ2v) is 8.19. The zero-order chi connectivity index (χ0) is 21.9. The second-order valence-electron chi connectivity index (χ2n) is 7.23. The highest BCUT2D eigenvalue weighted by atomic mass is 32.2. The molecular weight excluding hydrogens is 426 g/mol. The van der Waals surface area contributed by atoms with E-state index in [0.717, 1.165) is 22.3 Å². The van der Waals surface area contributed by atoms with Gasteiger partial charge in [-0.05, 0) is 24.6 Å². The van der Waals surface area contributed by atoms with E-state index in [2.05, 4.69) is 25.3 Å². The molecule has 1 aliphatic heterocycles. The summed E-state index contributed by atoms with van der Waals surface area (Å²) in [4.78, 5) is 30.0. The highest BCUT2D eigenvalue weighted by molar-refractivity contribution is 8.00. The van der Waals surface area contributed by atoms with Crippen LogP contribution in [0.5, 0.6) is 11.5 Å². The summed E-state index contributed by atoms with van der Waals surface area (Å²) in [5, 5.41) is 4.30. The first-order chi connectivity index (χ1) is 15.7. The zero-order valence-corrected chi connectivity index (χ0v) is 18.1. The summed E-state index contributed by atoms with van der Waals surface area (Å²) in [6.45, 7) is 2.67. The third-order valence-electron chi connectivity index (χ3n) is 4.93. The number of hydrogen-bond acceptors (Lipinski definition) is 8. The van der Waals surface area contributed by atoms with Gasteiger partial charge in [0.1, 0.15) is 11.4 Å². The van der Waals surface area contributed by atoms with E-state index < -0.39 is 0 Å². The molecule has 3 heterocycles. The van der Waals surface area contributed by atoms with Crippen molar-refractivity contribution in [3.63, 3.8) is 0 Å². The predicted molar refractivity (Wildman–Crippen MR) is 120 cm³/mol. The van der Waals surface area contributed by atoms with Crippen molar-refractivity contribution in [3.8, 4) is 22.9 Å². The SMILES string of the molecule is Cc1ccc(-c2ncc3c(SCC(=O)NCc4ccc5c(c4)OCO5)ncnc3n2)cc1. The van der Waals surface area contributed by atoms with Crippen LogP contribution in [0.2, 0.25) is 0 Å². The summed E-state index contributed by atoms with van der Waals surface area (Å²) in [6.07, 6.45) is 3.17. The van der Waals surface area contributed by atoms with Gasteiger partial charge in [0, 0.05) is 18.3 Å². The molecule has 32 heavy (non-hydrogen) atoms. The first-order valence-electron chi connectivity index (χ1n) is 9.98. The first-order valence-corrected chi connectivity index (χ1v) is 11.0. The molecule has 1 amide bonds. The van der Waals surface area contributed by atoms with Crippen molar-refractivity contribution < 1.29 is 14.3 Å². The molecule has 2 aromatic carbocycles. The van der Waals surface area contributed by atoms with Gasteiger partial charge in [-0.2, -0.15) is 0 Å². The smallest absolute Gasteiger partial charge is 0.231 e. The van der Waals surface area contributed by atoms with Crippen LogP contribution in [0.1, 0.15) is 11.1 Å². The second kappa shape index (κ2) is 8.80. The molecule has 1 N–H and O–H groups in total. The molecule has 0 spiro atoms. The topological polar surface area (TPSA) is 99.1 Å². The summed E-state index contributed by atoms with van der Waals surface area (Å²) < 4.78 is 10.7. The molecule has 8 nitrogen and oxygen atoms in total. The summed E-state index contributed by atoms with van der Waals surface area (Å²) in [6, 6.07) is 13.6. The molecule has 0 atom stereocenters. The standard InChI is InChI=1S/C23H19N5O3S/c1-14-2-5-16(6-3-14)21-25-10-17-22(28-21)26-12-27-23(17)32-11-20(29)24-9-15-4-7-18-19(8-15)31-13-30-18/h2-8,10,12H,9,11,13H2,1H3,(H,24,29). The van der Waals surface area contributed by atoms with Gasteiger partial charge in [0.05, 0.1) is 11.1 Å². The molecule has 4 aromatic rings. The molecule has 0 saturated carbocycles. The lowest BCUT2D eigenvalue weighted by Crippen LogP contribution is -2.24. The molecule has 0 radical (unpaired) electrons. The van der Waals surface area contributed by atoms with Gasteiger partial charge in [0.2, 0.25) is 12.7 Å². The van der Waals surface area contributed by atoms with Crippen molar-refractivity contribution >= 4 is 28.7 Å². The third kappa shape index (κ3) is 4.33. The Kier molecular flexibility index (Phi) is 5.55. The number of ether oxygens (including phenoxy) is 2. The van der Waals surface area contributed by atoms with Crippen molar-refractivity contribution in [1.82, 2.24) is 25.3 Å². The van der Waals surface area contributed by atoms with Crippen LogP contribution in [0.25, 0.3) is 22.4 Å². The monoisotopic (exact) mass is 445 g/mol. The Bertz CT molecular complexity index is 1300. The van der Waals surface area contributed by atoms with Crippen LogP contribution in [0.4, 0.5) is 0 Å². The molecule has 160 valence electrons. The Morgan fingerprint density at radius 1 is 1.06 bits per heavy atom. The molecule has 0 fully saturated rings. The molecule has 5 rings (SSSR count). The van der Waals surface area contributed by atoms with Crippen LogP contribution in [0.3, 0.4) is 0 Å². The van der Waals surface area contributed by atoms with Crippen molar-refractivity contribution in [2.24, 2.45) is 0 Å². The fourth-order valence-electron chi connectivity index (χ4n) is 3.22. The number of nitrogens with one attached hydrogen (secondary N) is 1. The number of rotatable bonds is 6. The minimum Gasteiger partial charge on any atom is -0.454 e. The maximum atomic E-state index is 12.4. The zero-order valence-electron chi connectivity index (χ0n) is 17.2. The molecule has 0 saturated heterocycles. The summed E-state index contributed by atoms with van der Waals surface area (Å²) >= 11 is 1.33. The Hall–Kier alpha value is -3.72. The van der Waals surface area contributed by atoms with Gasteiger partial charge >= 0.3 is 0 Å². The van der Waals surface area contributed by atoms with Gasteiger partial charge in [-0.3, -0.25) is 4.79 Å². The van der Waals surface area contributed by atoms with Crippen LogP contribution in [-0.4, -0.2) is 38.4 Å². The van der Waals surface area contributed by atoms with E-state index in [0.29, 0.717) is 28.8 Å². The highest BCUT2D eigenvalue weighted by Gasteiger charge is 2.14. The quantitative estimate of drug-likeness (QED) is 0.355. The fourth-order valence-corrected chi connectivity index (χ4v) is 4.01. The number of carbonyl (C=O) groups is 1. The van der Waals surface area contributed by atoms with E-state index >= 15 is 0 Å². The van der Waals surface area contributed by atoms with Gasteiger partial charge in [0.25, 0.3) is 0 Å². The average molecular weight is 446 g/mol. The molecule has 0 aliphatic carbocycles. The van der Waals surface area contributed by atoms with Gasteiger partial charge < -0.3 is 14.8 Å². The maximum Gasteiger partial charge on any atom is 0.231 e. The summed E-state index contributed by atoms with van der Waals surface area (Å²) in [7, 11) is 0. The largest absolute Gasteiger partial charge is 0.454 e. The Balaban J connectivity index is 1.23. The Morgan fingerprint density at radius 2 is 1.91 bits per heavy atom. The van der Waals surface area contributed by atoms with E-state index in [4.69, 9.17) is 9.47 Å². The number of carbonyl (C=O) groups excluding carboxylic acids is 1. The van der Waals surface area contributed by atoms with Gasteiger partial charge in [-0.15, -0.1) is 0 Å². The van der Waals surface area contributed by atoms with Crippen LogP contribution >= 0.6 is 11.8 Å². The summed E-state index contributed by atoms with van der Waals surface area (Å²) in [5.74, 6) is 2.14. The normalized spacial score (nSPS) is 12.2. The summed E-state index contributed by atoms with van der Waals surface area (Å²) in [5.41, 5.74) is 3.59. The first kappa shape index (κ1) is 20.2. The lowest BCUT2D eigenvalue weighted by atomic mass is 10.1. The number of aromatic nitrogens is 4. The van der Waals surface area contributed by atoms with Gasteiger partial charge in [-0.25, -0.2) is 19.9 Å². The number of amides is 1. The third-order valence-corrected chi connectivity index (χ3v) is 5.94. The molecule has 2 aromatic heterocycles. The van der Waals surface area contributed by atoms with E-state index in [-0.39, 0.29) is 18.5 Å². The predicted octanol–water partition coefficient (Wildman–Crippen LogP) is 3.53. The number of benzene rings is 2. The van der Waals surface area contributed by atoms with Gasteiger partial charge in [-0.1, -0.05) is 47.7 Å². The lowest BCUT2D eigenvalue weighted by molar-refractivity contribution is -0.118. The van der Waals surface area contributed by atoms with Crippen LogP contribution in [-0.2, 0) is 11.3 Å². The van der Waals surface area contributed by atoms with Crippen LogP contribution in [0.15, 0.2) is 60.0 Å². The number of aryl methyl sites for hydroxylation is 1.